The Morgan fingerprint density at radius 2 is 1.39 bits per heavy atom. The zero-order valence-corrected chi connectivity index (χ0v) is 24.8. The van der Waals surface area contributed by atoms with Crippen LogP contribution >= 0.6 is 0 Å². The summed E-state index contributed by atoms with van der Waals surface area (Å²) in [5, 5.41) is 11.9. The van der Waals surface area contributed by atoms with Crippen LogP contribution in [0.4, 0.5) is 0 Å². The van der Waals surface area contributed by atoms with Gasteiger partial charge in [-0.3, -0.25) is 0 Å². The molecule has 0 aliphatic rings. The average molecular weight is 608 g/mol. The number of aliphatic hydroxyl groups excluding tert-OH is 1. The smallest absolute Gasteiger partial charge is 1.00 e. The summed E-state index contributed by atoms with van der Waals surface area (Å²) in [5.74, 6) is 0. The van der Waals surface area contributed by atoms with Crippen LogP contribution in [0.25, 0.3) is 0 Å². The molecule has 0 amide bonds. The van der Waals surface area contributed by atoms with Gasteiger partial charge in [-0.15, -0.1) is 0 Å². The van der Waals surface area contributed by atoms with Gasteiger partial charge in [0.05, 0.1) is 12.7 Å². The summed E-state index contributed by atoms with van der Waals surface area (Å²) < 4.78 is 12.2. The number of ether oxygens (including phenoxy) is 1. The maximum Gasteiger partial charge on any atom is 1.00 e. The van der Waals surface area contributed by atoms with Crippen LogP contribution in [-0.2, 0) is 36.8 Å². The largest absolute Gasteiger partial charge is 1.00 e. The van der Waals surface area contributed by atoms with Gasteiger partial charge in [-0.2, -0.15) is 0 Å². The van der Waals surface area contributed by atoms with Crippen molar-refractivity contribution in [3.05, 3.63) is 67.1 Å². The molecule has 0 aliphatic carbocycles. The van der Waals surface area contributed by atoms with Gasteiger partial charge in [0.25, 0.3) is 8.32 Å². The summed E-state index contributed by atoms with van der Waals surface area (Å²) in [6.07, 6.45) is 1.46. The van der Waals surface area contributed by atoms with E-state index in [1.807, 2.05) is 25.5 Å². The minimum Gasteiger partial charge on any atom is -1.00 e. The third kappa shape index (κ3) is 6.38. The number of benzene rings is 2. The van der Waals surface area contributed by atoms with Crippen molar-refractivity contribution in [3.8, 4) is 0 Å². The standard InChI is InChI=1S/C22H31O3Si.ClH.Hg/c1-18(16-19(17-23)24-5)25-26(22(2,3)4,20-12-8-6-9-13-20)21-14-10-7-11-15-21;;/h6-16,18-19,23H,17H2,1-5H3;1H;/q;;+1/p-1/t18-,19-;;/m0../s1. The Labute approximate surface area is 197 Å². The van der Waals surface area contributed by atoms with Gasteiger partial charge in [0, 0.05) is 19.6 Å². The number of hydrogen-bond acceptors (Lipinski definition) is 3. The second-order valence-corrected chi connectivity index (χ2v) is 11.9. The molecule has 3 nitrogen and oxygen atoms in total. The third-order valence-corrected chi connectivity index (χ3v) is 9.88. The molecule has 2 aromatic rings. The van der Waals surface area contributed by atoms with E-state index in [9.17, 15) is 5.11 Å². The molecule has 6 heteroatoms. The molecule has 2 rings (SSSR count). The first-order valence-electron chi connectivity index (χ1n) is 9.12. The van der Waals surface area contributed by atoms with Gasteiger partial charge >= 0.3 is 27.7 Å². The van der Waals surface area contributed by atoms with Crippen LogP contribution in [0.15, 0.2) is 60.7 Å². The van der Waals surface area contributed by atoms with Gasteiger partial charge in [-0.1, -0.05) is 81.4 Å². The van der Waals surface area contributed by atoms with E-state index in [2.05, 4.69) is 69.3 Å². The van der Waals surface area contributed by atoms with Gasteiger partial charge in [-0.25, -0.2) is 0 Å². The molecule has 0 saturated heterocycles. The summed E-state index contributed by atoms with van der Waals surface area (Å²) in [5.41, 5.74) is 0. The topological polar surface area (TPSA) is 38.7 Å². The minimum atomic E-state index is -2.57. The second kappa shape index (κ2) is 12.5. The average Bonchev–Trinajstić information content (AvgIpc) is 2.64. The van der Waals surface area contributed by atoms with Gasteiger partial charge in [0.2, 0.25) is 0 Å². The molecular formula is C22H31ClHgO3Si. The van der Waals surface area contributed by atoms with Crippen LogP contribution in [-0.4, -0.2) is 39.3 Å². The van der Waals surface area contributed by atoms with Crippen LogP contribution in [0.2, 0.25) is 5.04 Å². The molecule has 2 radical (unpaired) electrons. The number of halogens is 1. The van der Waals surface area contributed by atoms with Gasteiger partial charge in [0.15, 0.2) is 0 Å². The Morgan fingerprint density at radius 3 is 1.71 bits per heavy atom. The number of hydrogen-bond donors (Lipinski definition) is 1. The normalized spacial score (nSPS) is 13.8. The fourth-order valence-electron chi connectivity index (χ4n) is 3.53. The summed E-state index contributed by atoms with van der Waals surface area (Å²) >= 11 is 0. The van der Waals surface area contributed by atoms with Crippen LogP contribution < -0.4 is 22.8 Å². The van der Waals surface area contributed by atoms with Crippen molar-refractivity contribution in [3.63, 3.8) is 0 Å². The summed E-state index contributed by atoms with van der Waals surface area (Å²) in [7, 11) is -0.969. The SMILES string of the molecule is CO[C@@H]([CH][C@H](C)O[Si](c1ccccc1)(c1ccccc1)C(C)(C)C)CO.[Cl-].[Hg+]. The Kier molecular flexibility index (Phi) is 12.3. The molecule has 0 heterocycles. The number of rotatable bonds is 8. The maximum atomic E-state index is 9.47. The maximum absolute atomic E-state index is 9.47. The van der Waals surface area contributed by atoms with Crippen LogP contribution in [0.5, 0.6) is 0 Å². The Bertz CT molecular complexity index is 621. The summed E-state index contributed by atoms with van der Waals surface area (Å²) in [4.78, 5) is 0. The van der Waals surface area contributed by atoms with Crippen molar-refractivity contribution in [2.45, 2.75) is 44.9 Å². The summed E-state index contributed by atoms with van der Waals surface area (Å²) in [6, 6.07) is 21.1. The molecule has 1 N–H and O–H groups in total. The van der Waals surface area contributed by atoms with E-state index < -0.39 is 8.32 Å². The molecule has 0 spiro atoms. The quantitative estimate of drug-likeness (QED) is 0.435. The van der Waals surface area contributed by atoms with E-state index in [4.69, 9.17) is 9.16 Å². The van der Waals surface area contributed by atoms with E-state index >= 15 is 0 Å². The van der Waals surface area contributed by atoms with Crippen molar-refractivity contribution in [1.82, 2.24) is 0 Å². The van der Waals surface area contributed by atoms with Gasteiger partial charge in [0.1, 0.15) is 0 Å². The monoisotopic (exact) mass is 608 g/mol. The predicted molar refractivity (Wildman–Crippen MR) is 110 cm³/mol. The number of methoxy groups -OCH3 is 1. The first-order chi connectivity index (χ1) is 12.3. The first-order valence-corrected chi connectivity index (χ1v) is 11.0. The van der Waals surface area contributed by atoms with Crippen molar-refractivity contribution in [2.24, 2.45) is 0 Å². The van der Waals surface area contributed by atoms with Crippen molar-refractivity contribution < 1.29 is 54.3 Å². The van der Waals surface area contributed by atoms with Crippen molar-refractivity contribution in [1.29, 1.82) is 0 Å². The van der Waals surface area contributed by atoms with Crippen LogP contribution in [0.1, 0.15) is 27.7 Å². The molecule has 0 aromatic heterocycles. The predicted octanol–water partition coefficient (Wildman–Crippen LogP) is 0.165. The molecule has 2 atom stereocenters. The molecule has 0 bridgehead atoms. The molecular weight excluding hydrogens is 576 g/mol. The molecule has 0 unspecified atom stereocenters. The zero-order valence-electron chi connectivity index (χ0n) is 17.6. The van der Waals surface area contributed by atoms with Crippen molar-refractivity contribution >= 4 is 18.7 Å². The van der Waals surface area contributed by atoms with Crippen LogP contribution in [0, 0.1) is 6.42 Å². The third-order valence-electron chi connectivity index (χ3n) is 4.75. The van der Waals surface area contributed by atoms with Gasteiger partial charge in [-0.05, 0) is 22.3 Å². The molecule has 0 saturated carbocycles. The molecule has 0 aliphatic heterocycles. The Balaban J connectivity index is 0.00000364. The zero-order chi connectivity index (χ0) is 19.2. The van der Waals surface area contributed by atoms with Gasteiger partial charge < -0.3 is 26.7 Å². The summed E-state index contributed by atoms with van der Waals surface area (Å²) in [6.45, 7) is 8.75. The first kappa shape index (κ1) is 27.8. The van der Waals surface area contributed by atoms with Crippen LogP contribution in [0.3, 0.4) is 0 Å². The van der Waals surface area contributed by atoms with E-state index in [0.29, 0.717) is 0 Å². The fraction of sp³-hybridized carbons (Fsp3) is 0.409. The van der Waals surface area contributed by atoms with E-state index in [1.54, 1.807) is 7.11 Å². The Morgan fingerprint density at radius 1 is 0.964 bits per heavy atom. The van der Waals surface area contributed by atoms with E-state index in [0.717, 1.165) is 0 Å². The number of aliphatic hydroxyl groups is 1. The van der Waals surface area contributed by atoms with E-state index in [-0.39, 0.29) is 63.9 Å². The van der Waals surface area contributed by atoms with Crippen molar-refractivity contribution in [2.75, 3.05) is 13.7 Å². The molecule has 2 aromatic carbocycles. The Hall–Kier alpha value is -0.238. The minimum absolute atomic E-state index is 0. The molecule has 28 heavy (non-hydrogen) atoms. The molecule has 0 fully saturated rings. The fourth-order valence-corrected chi connectivity index (χ4v) is 8.18. The van der Waals surface area contributed by atoms with E-state index in [1.165, 1.54) is 10.4 Å². The second-order valence-electron chi connectivity index (χ2n) is 7.64. The molecule has 150 valence electrons.